The number of carbonyl (C=O) groups excluding carboxylic acids is 1. The summed E-state index contributed by atoms with van der Waals surface area (Å²) >= 11 is 0. The summed E-state index contributed by atoms with van der Waals surface area (Å²) in [5.41, 5.74) is -1.58. The summed E-state index contributed by atoms with van der Waals surface area (Å²) in [6.45, 7) is 11.2. The van der Waals surface area contributed by atoms with E-state index in [-0.39, 0.29) is 22.8 Å². The monoisotopic (exact) mass is 553 g/mol. The van der Waals surface area contributed by atoms with Crippen LogP contribution in [-0.4, -0.2) is 32.7 Å². The van der Waals surface area contributed by atoms with E-state index in [9.17, 15) is 18.0 Å². The van der Waals surface area contributed by atoms with Crippen LogP contribution in [0.15, 0.2) is 84.9 Å². The third-order valence-electron chi connectivity index (χ3n) is 6.64. The molecule has 3 aromatic rings. The van der Waals surface area contributed by atoms with Crippen molar-refractivity contribution in [2.24, 2.45) is 0 Å². The van der Waals surface area contributed by atoms with Crippen molar-refractivity contribution in [3.63, 3.8) is 0 Å². The van der Waals surface area contributed by atoms with Crippen LogP contribution in [0, 0.1) is 0 Å². The fourth-order valence-electron chi connectivity index (χ4n) is 5.00. The summed E-state index contributed by atoms with van der Waals surface area (Å²) in [4.78, 5) is 14.3. The highest BCUT2D eigenvalue weighted by Gasteiger charge is 2.52. The summed E-state index contributed by atoms with van der Waals surface area (Å²) in [6.07, 6.45) is -4.27. The van der Waals surface area contributed by atoms with E-state index >= 15 is 0 Å². The predicted molar refractivity (Wildman–Crippen MR) is 152 cm³/mol. The molecule has 0 bridgehead atoms. The molecule has 4 rings (SSSR count). The minimum absolute atomic E-state index is 0.0885. The summed E-state index contributed by atoms with van der Waals surface area (Å²) in [5, 5.41) is 1.70. The number of halogens is 3. The second-order valence-corrected chi connectivity index (χ2v) is 15.9. The Bertz CT molecular complexity index is 1320. The number of hydrogen-bond acceptors (Lipinski definition) is 3. The number of rotatable bonds is 4. The fraction of sp³-hybridized carbons (Fsp3) is 0.323. The van der Waals surface area contributed by atoms with Crippen LogP contribution in [0.3, 0.4) is 0 Å². The number of alkyl halides is 3. The minimum atomic E-state index is -4.57. The van der Waals surface area contributed by atoms with Crippen molar-refractivity contribution >= 4 is 36.0 Å². The minimum Gasteiger partial charge on any atom is -0.534 e. The molecule has 0 fully saturated rings. The maximum atomic E-state index is 14.0. The molecule has 1 aliphatic heterocycles. The number of hydrogen-bond donors (Lipinski definition) is 0. The number of benzene rings is 3. The van der Waals surface area contributed by atoms with Crippen LogP contribution in [0.4, 0.5) is 23.7 Å². The van der Waals surface area contributed by atoms with E-state index in [0.29, 0.717) is 5.75 Å². The van der Waals surface area contributed by atoms with E-state index in [4.69, 9.17) is 9.16 Å². The quantitative estimate of drug-likeness (QED) is 0.318. The van der Waals surface area contributed by atoms with Crippen molar-refractivity contribution in [3.8, 4) is 5.75 Å². The molecule has 8 heteroatoms. The maximum absolute atomic E-state index is 14.0. The van der Waals surface area contributed by atoms with Crippen LogP contribution in [0.1, 0.15) is 47.1 Å². The van der Waals surface area contributed by atoms with Crippen LogP contribution in [0.2, 0.25) is 5.04 Å². The van der Waals surface area contributed by atoms with Gasteiger partial charge in [-0.3, -0.25) is 4.90 Å². The third kappa shape index (κ3) is 5.76. The molecule has 0 atom stereocenters. The van der Waals surface area contributed by atoms with E-state index in [1.807, 2.05) is 60.7 Å². The molecular formula is C31H34F3NO3Si. The van der Waals surface area contributed by atoms with E-state index in [2.05, 4.69) is 20.8 Å². The number of anilines is 1. The van der Waals surface area contributed by atoms with Gasteiger partial charge in [0.25, 0.3) is 0 Å². The van der Waals surface area contributed by atoms with Crippen molar-refractivity contribution < 1.29 is 27.1 Å². The highest BCUT2D eigenvalue weighted by Crippen LogP contribution is 2.44. The highest BCUT2D eigenvalue weighted by atomic mass is 28.4. The van der Waals surface area contributed by atoms with Gasteiger partial charge in [-0.05, 0) is 48.3 Å². The molecule has 39 heavy (non-hydrogen) atoms. The summed E-state index contributed by atoms with van der Waals surface area (Å²) in [5.74, 6) is 0.389. The van der Waals surface area contributed by atoms with Gasteiger partial charge in [0, 0.05) is 18.2 Å². The van der Waals surface area contributed by atoms with Crippen molar-refractivity contribution in [1.29, 1.82) is 0 Å². The largest absolute Gasteiger partial charge is 0.534 e. The molecule has 0 N–H and O–H groups in total. The van der Waals surface area contributed by atoms with Crippen molar-refractivity contribution in [1.82, 2.24) is 0 Å². The molecule has 0 spiro atoms. The zero-order valence-corrected chi connectivity index (χ0v) is 24.1. The molecule has 1 heterocycles. The third-order valence-corrected chi connectivity index (χ3v) is 11.6. The smallest absolute Gasteiger partial charge is 0.416 e. The predicted octanol–water partition coefficient (Wildman–Crippen LogP) is 7.33. The number of fused-ring (bicyclic) bond motifs is 1. The second kappa shape index (κ2) is 10.2. The molecule has 0 aliphatic carbocycles. The van der Waals surface area contributed by atoms with Gasteiger partial charge in [-0.15, -0.1) is 0 Å². The van der Waals surface area contributed by atoms with Gasteiger partial charge in [0.15, 0.2) is 0 Å². The first-order valence-electron chi connectivity index (χ1n) is 12.9. The van der Waals surface area contributed by atoms with Gasteiger partial charge < -0.3 is 9.16 Å². The van der Waals surface area contributed by atoms with Crippen LogP contribution in [0.25, 0.3) is 5.57 Å². The molecule has 3 aromatic carbocycles. The molecule has 0 saturated carbocycles. The molecule has 206 valence electrons. The van der Waals surface area contributed by atoms with Crippen LogP contribution in [0.5, 0.6) is 5.75 Å². The average molecular weight is 554 g/mol. The topological polar surface area (TPSA) is 38.8 Å². The molecule has 1 amide bonds. The number of nitrogens with zero attached hydrogens (tertiary/aromatic N) is 1. The lowest BCUT2D eigenvalue weighted by atomic mass is 9.98. The van der Waals surface area contributed by atoms with Crippen LogP contribution < -0.4 is 19.7 Å². The lowest BCUT2D eigenvalue weighted by Gasteiger charge is -2.43. The van der Waals surface area contributed by atoms with E-state index in [1.165, 1.54) is 17.0 Å². The SMILES string of the molecule is CC(C)(C)OC(=O)N1CC=C(C(F)(F)F)c2ccc(O[Si](c3ccccc3)(c3ccccc3)C(C)(C)C)cc21. The number of amides is 1. The zero-order valence-electron chi connectivity index (χ0n) is 23.1. The Morgan fingerprint density at radius 1 is 0.821 bits per heavy atom. The number of ether oxygens (including phenoxy) is 1. The number of allylic oxidation sites excluding steroid dienone is 1. The Hall–Kier alpha value is -3.52. The van der Waals surface area contributed by atoms with Crippen molar-refractivity contribution in [2.45, 2.75) is 58.4 Å². The Balaban J connectivity index is 1.90. The molecular weight excluding hydrogens is 519 g/mol. The molecule has 0 radical (unpaired) electrons. The fourth-order valence-corrected chi connectivity index (χ4v) is 9.41. The van der Waals surface area contributed by atoms with Gasteiger partial charge in [-0.2, -0.15) is 13.2 Å². The van der Waals surface area contributed by atoms with E-state index < -0.39 is 31.8 Å². The average Bonchev–Trinajstić information content (AvgIpc) is 2.85. The molecule has 1 aliphatic rings. The Labute approximate surface area is 229 Å². The Kier molecular flexibility index (Phi) is 7.47. The summed E-state index contributed by atoms with van der Waals surface area (Å²) < 4.78 is 54.4. The maximum Gasteiger partial charge on any atom is 0.416 e. The first-order chi connectivity index (χ1) is 18.1. The molecule has 0 saturated heterocycles. The van der Waals surface area contributed by atoms with Gasteiger partial charge in [0.1, 0.15) is 11.4 Å². The first-order valence-corrected chi connectivity index (χ1v) is 14.8. The summed E-state index contributed by atoms with van der Waals surface area (Å²) in [7, 11) is -3.05. The standard InChI is InChI=1S/C31H34F3NO3Si/c1-29(2,3)37-28(36)35-20-19-26(31(32,33)34)25-18-17-22(21-27(25)35)38-39(30(4,5)6,23-13-9-7-10-14-23)24-15-11-8-12-16-24/h7-19,21H,20H2,1-6H3. The normalized spacial score (nSPS) is 14.4. The molecule has 0 aromatic heterocycles. The Morgan fingerprint density at radius 2 is 1.36 bits per heavy atom. The van der Waals surface area contributed by atoms with E-state index in [0.717, 1.165) is 16.4 Å². The molecule has 0 unspecified atom stereocenters. The van der Waals surface area contributed by atoms with Gasteiger partial charge >= 0.3 is 20.6 Å². The zero-order chi connectivity index (χ0) is 28.6. The van der Waals surface area contributed by atoms with Gasteiger partial charge in [-0.1, -0.05) is 87.5 Å². The summed E-state index contributed by atoms with van der Waals surface area (Å²) in [6, 6.07) is 24.4. The van der Waals surface area contributed by atoms with Gasteiger partial charge in [-0.25, -0.2) is 4.79 Å². The number of carbonyl (C=O) groups is 1. The Morgan fingerprint density at radius 3 is 1.82 bits per heavy atom. The van der Waals surface area contributed by atoms with Gasteiger partial charge in [0.2, 0.25) is 0 Å². The lowest BCUT2D eigenvalue weighted by molar-refractivity contribution is -0.0691. The van der Waals surface area contributed by atoms with Crippen molar-refractivity contribution in [2.75, 3.05) is 11.4 Å². The second-order valence-electron chi connectivity index (χ2n) is 11.7. The first kappa shape index (κ1) is 28.5. The molecule has 4 nitrogen and oxygen atoms in total. The highest BCUT2D eigenvalue weighted by molar-refractivity contribution is 7.00. The van der Waals surface area contributed by atoms with Crippen LogP contribution in [-0.2, 0) is 4.74 Å². The lowest BCUT2D eigenvalue weighted by Crippen LogP contribution is -2.68. The van der Waals surface area contributed by atoms with Crippen molar-refractivity contribution in [3.05, 3.63) is 90.5 Å². The van der Waals surface area contributed by atoms with Gasteiger partial charge in [0.05, 0.1) is 11.3 Å². The van der Waals surface area contributed by atoms with E-state index in [1.54, 1.807) is 26.8 Å². The van der Waals surface area contributed by atoms with Crippen LogP contribution >= 0.6 is 0 Å².